The van der Waals surface area contributed by atoms with Crippen molar-refractivity contribution in [1.82, 2.24) is 4.98 Å². The van der Waals surface area contributed by atoms with Crippen LogP contribution in [0.15, 0.2) is 34.7 Å². The Morgan fingerprint density at radius 3 is 2.79 bits per heavy atom. The molecule has 2 rings (SSSR count). The highest BCUT2D eigenvalue weighted by atomic mass is 32.2. The molecule has 0 aliphatic heterocycles. The highest BCUT2D eigenvalue weighted by Crippen LogP contribution is 2.32. The number of nitrogens with zero attached hydrogens (tertiary/aromatic N) is 2. The second-order valence-corrected chi connectivity index (χ2v) is 6.32. The summed E-state index contributed by atoms with van der Waals surface area (Å²) in [6, 6.07) is 8.15. The summed E-state index contributed by atoms with van der Waals surface area (Å²) in [6.45, 7) is 4.14. The van der Waals surface area contributed by atoms with Crippen molar-refractivity contribution in [2.24, 2.45) is 0 Å². The van der Waals surface area contributed by atoms with Crippen molar-refractivity contribution in [3.05, 3.63) is 40.3 Å². The SMILES string of the molecule is CSc1cccc(NC(C)(C)c2nccs2)c1C#N. The van der Waals surface area contributed by atoms with Gasteiger partial charge >= 0.3 is 0 Å². The normalized spacial score (nSPS) is 11.1. The topological polar surface area (TPSA) is 48.7 Å². The number of nitrogens with one attached hydrogen (secondary N) is 1. The molecule has 0 unspecified atom stereocenters. The molecular weight excluding hydrogens is 274 g/mol. The van der Waals surface area contributed by atoms with E-state index in [-0.39, 0.29) is 5.54 Å². The van der Waals surface area contributed by atoms with E-state index in [0.29, 0.717) is 5.56 Å². The van der Waals surface area contributed by atoms with E-state index < -0.39 is 0 Å². The van der Waals surface area contributed by atoms with Crippen molar-refractivity contribution in [3.8, 4) is 6.07 Å². The molecule has 0 aliphatic carbocycles. The summed E-state index contributed by atoms with van der Waals surface area (Å²) < 4.78 is 0. The fourth-order valence-electron chi connectivity index (χ4n) is 1.84. The number of hydrogen-bond acceptors (Lipinski definition) is 5. The van der Waals surface area contributed by atoms with Crippen molar-refractivity contribution >= 4 is 28.8 Å². The molecule has 0 spiro atoms. The zero-order valence-corrected chi connectivity index (χ0v) is 12.7. The molecule has 19 heavy (non-hydrogen) atoms. The molecule has 2 aromatic rings. The Labute approximate surface area is 121 Å². The van der Waals surface area contributed by atoms with Gasteiger partial charge in [0.2, 0.25) is 0 Å². The average molecular weight is 289 g/mol. The standard InChI is InChI=1S/C14H15N3S2/c1-14(2,13-16-7-8-19-13)17-11-5-4-6-12(18-3)10(11)9-15/h4-8,17H,1-3H3. The first kappa shape index (κ1) is 13.9. The molecular formula is C14H15N3S2. The molecule has 3 nitrogen and oxygen atoms in total. The fourth-order valence-corrected chi connectivity index (χ4v) is 3.14. The zero-order chi connectivity index (χ0) is 13.9. The maximum atomic E-state index is 9.34. The molecule has 0 amide bonds. The van der Waals surface area contributed by atoms with Crippen LogP contribution in [0.3, 0.4) is 0 Å². The van der Waals surface area contributed by atoms with Gasteiger partial charge in [-0.05, 0) is 32.2 Å². The first-order chi connectivity index (χ1) is 9.08. The second kappa shape index (κ2) is 5.64. The molecule has 0 aliphatic rings. The molecule has 1 N–H and O–H groups in total. The molecule has 0 bridgehead atoms. The summed E-state index contributed by atoms with van der Waals surface area (Å²) in [6.07, 6.45) is 3.78. The minimum atomic E-state index is -0.295. The Morgan fingerprint density at radius 1 is 1.42 bits per heavy atom. The fraction of sp³-hybridized carbons (Fsp3) is 0.286. The highest BCUT2D eigenvalue weighted by molar-refractivity contribution is 7.98. The first-order valence-electron chi connectivity index (χ1n) is 5.83. The summed E-state index contributed by atoms with van der Waals surface area (Å²) in [5, 5.41) is 15.7. The first-order valence-corrected chi connectivity index (χ1v) is 7.94. The number of hydrogen-bond donors (Lipinski definition) is 1. The molecule has 1 aromatic heterocycles. The van der Waals surface area contributed by atoms with Crippen LogP contribution in [0.1, 0.15) is 24.4 Å². The van der Waals surface area contributed by atoms with Crippen molar-refractivity contribution in [2.75, 3.05) is 11.6 Å². The lowest BCUT2D eigenvalue weighted by molar-refractivity contribution is 0.604. The van der Waals surface area contributed by atoms with Crippen LogP contribution >= 0.6 is 23.1 Å². The van der Waals surface area contributed by atoms with E-state index in [0.717, 1.165) is 15.6 Å². The number of benzene rings is 1. The van der Waals surface area contributed by atoms with Crippen LogP contribution in [-0.2, 0) is 5.54 Å². The quantitative estimate of drug-likeness (QED) is 0.861. The maximum absolute atomic E-state index is 9.34. The van der Waals surface area contributed by atoms with E-state index >= 15 is 0 Å². The Bertz CT molecular complexity index is 598. The van der Waals surface area contributed by atoms with Gasteiger partial charge in [-0.25, -0.2) is 4.98 Å². The summed E-state index contributed by atoms with van der Waals surface area (Å²) >= 11 is 3.19. The van der Waals surface area contributed by atoms with E-state index in [1.54, 1.807) is 29.3 Å². The van der Waals surface area contributed by atoms with Crippen LogP contribution in [0.4, 0.5) is 5.69 Å². The van der Waals surface area contributed by atoms with Crippen LogP contribution in [0.25, 0.3) is 0 Å². The van der Waals surface area contributed by atoms with E-state index in [1.165, 1.54) is 0 Å². The van der Waals surface area contributed by atoms with Crippen LogP contribution in [-0.4, -0.2) is 11.2 Å². The predicted octanol–water partition coefficient (Wildman–Crippen LogP) is 4.08. The van der Waals surface area contributed by atoms with Gasteiger partial charge < -0.3 is 5.32 Å². The van der Waals surface area contributed by atoms with Gasteiger partial charge in [-0.2, -0.15) is 5.26 Å². The van der Waals surface area contributed by atoms with E-state index in [4.69, 9.17) is 0 Å². The molecule has 0 atom stereocenters. The molecule has 0 saturated carbocycles. The lowest BCUT2D eigenvalue weighted by atomic mass is 10.0. The van der Waals surface area contributed by atoms with Gasteiger partial charge in [0.05, 0.1) is 16.8 Å². The van der Waals surface area contributed by atoms with Gasteiger partial charge in [-0.15, -0.1) is 23.1 Å². The lowest BCUT2D eigenvalue weighted by Crippen LogP contribution is -2.28. The molecule has 5 heteroatoms. The van der Waals surface area contributed by atoms with Crippen molar-refractivity contribution in [2.45, 2.75) is 24.3 Å². The summed E-state index contributed by atoms with van der Waals surface area (Å²) in [7, 11) is 0. The predicted molar refractivity (Wildman–Crippen MR) is 81.7 cm³/mol. The molecule has 1 heterocycles. The van der Waals surface area contributed by atoms with Crippen molar-refractivity contribution < 1.29 is 0 Å². The smallest absolute Gasteiger partial charge is 0.117 e. The van der Waals surface area contributed by atoms with E-state index in [2.05, 4.69) is 30.2 Å². The Hall–Kier alpha value is -1.51. The highest BCUT2D eigenvalue weighted by Gasteiger charge is 2.24. The lowest BCUT2D eigenvalue weighted by Gasteiger charge is -2.26. The minimum Gasteiger partial charge on any atom is -0.373 e. The minimum absolute atomic E-state index is 0.295. The summed E-state index contributed by atoms with van der Waals surface area (Å²) in [5.74, 6) is 0. The molecule has 1 aromatic carbocycles. The maximum Gasteiger partial charge on any atom is 0.117 e. The number of thioether (sulfide) groups is 1. The number of anilines is 1. The number of thiazole rings is 1. The van der Waals surface area contributed by atoms with E-state index in [1.807, 2.05) is 29.8 Å². The van der Waals surface area contributed by atoms with Gasteiger partial charge in [0.15, 0.2) is 0 Å². The van der Waals surface area contributed by atoms with Crippen LogP contribution < -0.4 is 5.32 Å². The van der Waals surface area contributed by atoms with Crippen LogP contribution in [0, 0.1) is 11.3 Å². The monoisotopic (exact) mass is 289 g/mol. The zero-order valence-electron chi connectivity index (χ0n) is 11.1. The van der Waals surface area contributed by atoms with Crippen LogP contribution in [0.5, 0.6) is 0 Å². The largest absolute Gasteiger partial charge is 0.373 e. The second-order valence-electron chi connectivity index (χ2n) is 4.58. The molecule has 0 radical (unpaired) electrons. The molecule has 98 valence electrons. The number of rotatable bonds is 4. The molecule has 0 fully saturated rings. The third kappa shape index (κ3) is 2.91. The van der Waals surface area contributed by atoms with Gasteiger partial charge in [0, 0.05) is 16.5 Å². The Kier molecular flexibility index (Phi) is 4.13. The third-order valence-electron chi connectivity index (χ3n) is 2.77. The molecule has 0 saturated heterocycles. The van der Waals surface area contributed by atoms with Gasteiger partial charge in [-0.3, -0.25) is 0 Å². The van der Waals surface area contributed by atoms with Crippen molar-refractivity contribution in [3.63, 3.8) is 0 Å². The van der Waals surface area contributed by atoms with Gasteiger partial charge in [0.1, 0.15) is 11.1 Å². The summed E-state index contributed by atoms with van der Waals surface area (Å²) in [5.41, 5.74) is 1.26. The Balaban J connectivity index is 2.37. The van der Waals surface area contributed by atoms with Crippen LogP contribution in [0.2, 0.25) is 0 Å². The van der Waals surface area contributed by atoms with Gasteiger partial charge in [0.25, 0.3) is 0 Å². The number of nitriles is 1. The Morgan fingerprint density at radius 2 is 2.21 bits per heavy atom. The van der Waals surface area contributed by atoms with Crippen molar-refractivity contribution in [1.29, 1.82) is 5.26 Å². The van der Waals surface area contributed by atoms with Gasteiger partial charge in [-0.1, -0.05) is 6.07 Å². The summed E-state index contributed by atoms with van der Waals surface area (Å²) in [4.78, 5) is 5.34. The third-order valence-corrected chi connectivity index (χ3v) is 4.65. The van der Waals surface area contributed by atoms with E-state index in [9.17, 15) is 5.26 Å². The average Bonchev–Trinajstić information content (AvgIpc) is 2.92. The number of aromatic nitrogens is 1.